The Hall–Kier alpha value is -0.770. The van der Waals surface area contributed by atoms with Gasteiger partial charge in [0.2, 0.25) is 0 Å². The summed E-state index contributed by atoms with van der Waals surface area (Å²) in [5.74, 6) is 0.779. The van der Waals surface area contributed by atoms with Crippen molar-refractivity contribution in [3.05, 3.63) is 0 Å². The van der Waals surface area contributed by atoms with Gasteiger partial charge in [0.1, 0.15) is 5.60 Å². The lowest BCUT2D eigenvalue weighted by atomic mass is 10.0. The van der Waals surface area contributed by atoms with Gasteiger partial charge in [-0.25, -0.2) is 4.79 Å². The number of carbonyl (C=O) groups is 1. The SMILES string of the molecule is CC(C)CCCC(C)NCCNC(=O)OC(C)(C)C. The lowest BCUT2D eigenvalue weighted by Crippen LogP contribution is -2.38. The zero-order valence-corrected chi connectivity index (χ0v) is 13.5. The van der Waals surface area contributed by atoms with Gasteiger partial charge < -0.3 is 15.4 Å². The predicted octanol–water partition coefficient (Wildman–Crippen LogP) is 3.32. The molecule has 4 heteroatoms. The van der Waals surface area contributed by atoms with E-state index in [0.29, 0.717) is 12.6 Å². The highest BCUT2D eigenvalue weighted by molar-refractivity contribution is 5.67. The highest BCUT2D eigenvalue weighted by atomic mass is 16.6. The Morgan fingerprint density at radius 1 is 1.11 bits per heavy atom. The maximum atomic E-state index is 11.4. The Morgan fingerprint density at radius 3 is 2.26 bits per heavy atom. The second-order valence-electron chi connectivity index (χ2n) is 6.61. The third-order valence-corrected chi connectivity index (χ3v) is 2.70. The molecule has 0 aromatic carbocycles. The normalized spacial score (nSPS) is 13.4. The summed E-state index contributed by atoms with van der Waals surface area (Å²) in [6.45, 7) is 13.7. The lowest BCUT2D eigenvalue weighted by Gasteiger charge is -2.20. The number of rotatable bonds is 8. The average Bonchev–Trinajstić information content (AvgIpc) is 2.21. The van der Waals surface area contributed by atoms with E-state index in [1.54, 1.807) is 0 Å². The standard InChI is InChI=1S/C15H32N2O2/c1-12(2)8-7-9-13(3)16-10-11-17-14(18)19-15(4,5)6/h12-13,16H,7-11H2,1-6H3,(H,17,18). The minimum Gasteiger partial charge on any atom is -0.444 e. The number of carbonyl (C=O) groups excluding carboxylic acids is 1. The van der Waals surface area contributed by atoms with Gasteiger partial charge in [-0.05, 0) is 40.0 Å². The maximum Gasteiger partial charge on any atom is 0.407 e. The van der Waals surface area contributed by atoms with E-state index in [-0.39, 0.29) is 6.09 Å². The summed E-state index contributed by atoms with van der Waals surface area (Å²) in [4.78, 5) is 11.4. The van der Waals surface area contributed by atoms with Crippen molar-refractivity contribution in [2.45, 2.75) is 72.4 Å². The smallest absolute Gasteiger partial charge is 0.407 e. The summed E-state index contributed by atoms with van der Waals surface area (Å²) in [6, 6.07) is 0.499. The van der Waals surface area contributed by atoms with Crippen molar-refractivity contribution in [2.24, 2.45) is 5.92 Å². The first kappa shape index (κ1) is 18.2. The van der Waals surface area contributed by atoms with Gasteiger partial charge in [0.05, 0.1) is 0 Å². The molecule has 0 saturated heterocycles. The van der Waals surface area contributed by atoms with Crippen LogP contribution in [0.4, 0.5) is 4.79 Å². The van der Waals surface area contributed by atoms with Gasteiger partial charge in [-0.3, -0.25) is 0 Å². The van der Waals surface area contributed by atoms with E-state index in [0.717, 1.165) is 12.5 Å². The molecular formula is C15H32N2O2. The van der Waals surface area contributed by atoms with Crippen LogP contribution in [0.3, 0.4) is 0 Å². The minimum atomic E-state index is -0.429. The molecule has 4 nitrogen and oxygen atoms in total. The van der Waals surface area contributed by atoms with Crippen molar-refractivity contribution in [3.63, 3.8) is 0 Å². The van der Waals surface area contributed by atoms with E-state index in [4.69, 9.17) is 4.74 Å². The van der Waals surface area contributed by atoms with Crippen molar-refractivity contribution >= 4 is 6.09 Å². The fourth-order valence-electron chi connectivity index (χ4n) is 1.73. The molecule has 0 heterocycles. The number of hydrogen-bond donors (Lipinski definition) is 2. The molecule has 0 aliphatic rings. The summed E-state index contributed by atoms with van der Waals surface area (Å²) in [6.07, 6.45) is 3.37. The maximum absolute atomic E-state index is 11.4. The van der Waals surface area contributed by atoms with Crippen LogP contribution in [-0.4, -0.2) is 30.8 Å². The van der Waals surface area contributed by atoms with Crippen LogP contribution in [0.2, 0.25) is 0 Å². The highest BCUT2D eigenvalue weighted by Gasteiger charge is 2.15. The second-order valence-corrected chi connectivity index (χ2v) is 6.61. The van der Waals surface area contributed by atoms with Crippen LogP contribution in [0.5, 0.6) is 0 Å². The number of amides is 1. The Morgan fingerprint density at radius 2 is 1.74 bits per heavy atom. The second kappa shape index (κ2) is 9.18. The highest BCUT2D eigenvalue weighted by Crippen LogP contribution is 2.08. The topological polar surface area (TPSA) is 50.4 Å². The predicted molar refractivity (Wildman–Crippen MR) is 80.4 cm³/mol. The van der Waals surface area contributed by atoms with Gasteiger partial charge in [-0.15, -0.1) is 0 Å². The third-order valence-electron chi connectivity index (χ3n) is 2.70. The quantitative estimate of drug-likeness (QED) is 0.666. The molecule has 0 aromatic heterocycles. The van der Waals surface area contributed by atoms with E-state index in [1.807, 2.05) is 20.8 Å². The van der Waals surface area contributed by atoms with Gasteiger partial charge in [0, 0.05) is 19.1 Å². The molecule has 1 amide bonds. The summed E-state index contributed by atoms with van der Waals surface area (Å²) in [7, 11) is 0. The van der Waals surface area contributed by atoms with Crippen LogP contribution < -0.4 is 10.6 Å². The van der Waals surface area contributed by atoms with Crippen LogP contribution >= 0.6 is 0 Å². The summed E-state index contributed by atoms with van der Waals surface area (Å²) in [5.41, 5.74) is -0.429. The molecule has 0 aromatic rings. The Kier molecular flexibility index (Phi) is 8.81. The van der Waals surface area contributed by atoms with Gasteiger partial charge in [0.15, 0.2) is 0 Å². The van der Waals surface area contributed by atoms with Crippen LogP contribution in [0.1, 0.15) is 60.8 Å². The Labute approximate surface area is 118 Å². The van der Waals surface area contributed by atoms with Crippen molar-refractivity contribution in [1.82, 2.24) is 10.6 Å². The number of ether oxygens (including phenoxy) is 1. The van der Waals surface area contributed by atoms with Crippen LogP contribution in [-0.2, 0) is 4.74 Å². The summed E-state index contributed by atoms with van der Waals surface area (Å²) < 4.78 is 5.16. The molecule has 0 radical (unpaired) electrons. The molecule has 0 rings (SSSR count). The summed E-state index contributed by atoms with van der Waals surface area (Å²) >= 11 is 0. The first-order valence-electron chi connectivity index (χ1n) is 7.41. The van der Waals surface area contributed by atoms with Gasteiger partial charge in [-0.1, -0.05) is 26.7 Å². The van der Waals surface area contributed by atoms with Gasteiger partial charge in [-0.2, -0.15) is 0 Å². The monoisotopic (exact) mass is 272 g/mol. The largest absolute Gasteiger partial charge is 0.444 e. The molecule has 1 atom stereocenters. The molecule has 0 saturated carbocycles. The third kappa shape index (κ3) is 13.5. The van der Waals surface area contributed by atoms with Crippen molar-refractivity contribution in [3.8, 4) is 0 Å². The van der Waals surface area contributed by atoms with E-state index in [1.165, 1.54) is 19.3 Å². The van der Waals surface area contributed by atoms with Crippen LogP contribution in [0.25, 0.3) is 0 Å². The minimum absolute atomic E-state index is 0.346. The van der Waals surface area contributed by atoms with Crippen LogP contribution in [0.15, 0.2) is 0 Å². The molecule has 0 fully saturated rings. The molecule has 0 bridgehead atoms. The summed E-state index contributed by atoms with van der Waals surface area (Å²) in [5, 5.41) is 6.15. The van der Waals surface area contributed by atoms with Gasteiger partial charge >= 0.3 is 6.09 Å². The number of hydrogen-bond acceptors (Lipinski definition) is 3. The first-order chi connectivity index (χ1) is 8.70. The molecule has 0 spiro atoms. The first-order valence-corrected chi connectivity index (χ1v) is 7.41. The molecule has 0 aliphatic heterocycles. The van der Waals surface area contributed by atoms with Crippen molar-refractivity contribution < 1.29 is 9.53 Å². The van der Waals surface area contributed by atoms with E-state index < -0.39 is 5.60 Å². The van der Waals surface area contributed by atoms with E-state index >= 15 is 0 Å². The van der Waals surface area contributed by atoms with E-state index in [9.17, 15) is 4.79 Å². The molecule has 2 N–H and O–H groups in total. The Bertz CT molecular complexity index is 247. The lowest BCUT2D eigenvalue weighted by molar-refractivity contribution is 0.0528. The fraction of sp³-hybridized carbons (Fsp3) is 0.933. The molecular weight excluding hydrogens is 240 g/mol. The fourth-order valence-corrected chi connectivity index (χ4v) is 1.73. The van der Waals surface area contributed by atoms with Crippen molar-refractivity contribution in [2.75, 3.05) is 13.1 Å². The van der Waals surface area contributed by atoms with Gasteiger partial charge in [0.25, 0.3) is 0 Å². The molecule has 1 unspecified atom stereocenters. The van der Waals surface area contributed by atoms with E-state index in [2.05, 4.69) is 31.4 Å². The molecule has 114 valence electrons. The zero-order valence-electron chi connectivity index (χ0n) is 13.5. The van der Waals surface area contributed by atoms with Crippen molar-refractivity contribution in [1.29, 1.82) is 0 Å². The molecule has 19 heavy (non-hydrogen) atoms. The van der Waals surface area contributed by atoms with Crippen LogP contribution in [0, 0.1) is 5.92 Å². The molecule has 0 aliphatic carbocycles. The number of alkyl carbamates (subject to hydrolysis) is 1. The number of nitrogens with one attached hydrogen (secondary N) is 2. The average molecular weight is 272 g/mol. The zero-order chi connectivity index (χ0) is 14.9. The Balaban J connectivity index is 3.50.